The Balaban J connectivity index is 0.000000855. The van der Waals surface area contributed by atoms with Gasteiger partial charge in [0.05, 0.1) is 11.9 Å². The molecule has 1 amide bonds. The van der Waals surface area contributed by atoms with Crippen molar-refractivity contribution >= 4 is 17.6 Å². The van der Waals surface area contributed by atoms with Gasteiger partial charge in [0.2, 0.25) is 0 Å². The van der Waals surface area contributed by atoms with Gasteiger partial charge in [-0.15, -0.1) is 0 Å². The highest BCUT2D eigenvalue weighted by Gasteiger charge is 2.47. The van der Waals surface area contributed by atoms with E-state index >= 15 is 0 Å². The largest absolute Gasteiger partial charge is 0.444 e. The Hall–Kier alpha value is -1.98. The molecule has 2 N–H and O–H groups in total. The van der Waals surface area contributed by atoms with Gasteiger partial charge in [-0.05, 0) is 45.7 Å². The van der Waals surface area contributed by atoms with E-state index in [0.29, 0.717) is 5.82 Å². The number of nitrogens with zero attached hydrogens (tertiary/aromatic N) is 3. The predicted octanol–water partition coefficient (Wildman–Crippen LogP) is 4.55. The highest BCUT2D eigenvalue weighted by molar-refractivity contribution is 5.69. The number of pyridine rings is 1. The Bertz CT molecular complexity index is 565. The van der Waals surface area contributed by atoms with E-state index in [0.717, 1.165) is 44.7 Å². The van der Waals surface area contributed by atoms with Crippen LogP contribution >= 0.6 is 0 Å². The monoisotopic (exact) mass is 378 g/mol. The first-order valence-corrected chi connectivity index (χ1v) is 10.2. The van der Waals surface area contributed by atoms with Crippen molar-refractivity contribution in [2.75, 3.05) is 36.8 Å². The van der Waals surface area contributed by atoms with Crippen LogP contribution in [-0.2, 0) is 4.74 Å². The number of carbonyl (C=O) groups is 1. The Morgan fingerprint density at radius 3 is 2.11 bits per heavy atom. The molecule has 3 rings (SSSR count). The first-order valence-electron chi connectivity index (χ1n) is 10.2. The van der Waals surface area contributed by atoms with Gasteiger partial charge in [0.15, 0.2) is 0 Å². The Morgan fingerprint density at radius 1 is 1.11 bits per heavy atom. The minimum absolute atomic E-state index is 0.187. The molecule has 6 heteroatoms. The average Bonchev–Trinajstić information content (AvgIpc) is 2.62. The average molecular weight is 379 g/mol. The second kappa shape index (κ2) is 9.81. The topological polar surface area (TPSA) is 71.7 Å². The van der Waals surface area contributed by atoms with E-state index in [1.807, 2.05) is 71.7 Å². The van der Waals surface area contributed by atoms with Crippen molar-refractivity contribution in [1.82, 2.24) is 9.88 Å². The summed E-state index contributed by atoms with van der Waals surface area (Å²) in [5, 5.41) is 0. The summed E-state index contributed by atoms with van der Waals surface area (Å²) in [6.07, 6.45) is 3.84. The number of piperidine rings is 1. The van der Waals surface area contributed by atoms with E-state index in [1.165, 1.54) is 0 Å². The molecular formula is C21H38N4O2. The fourth-order valence-corrected chi connectivity index (χ4v) is 3.36. The molecule has 0 saturated carbocycles. The molecule has 0 bridgehead atoms. The number of rotatable bonds is 1. The predicted molar refractivity (Wildman–Crippen MR) is 113 cm³/mol. The molecule has 2 aliphatic rings. The fourth-order valence-electron chi connectivity index (χ4n) is 3.36. The quantitative estimate of drug-likeness (QED) is 0.776. The van der Waals surface area contributed by atoms with Crippen LogP contribution in [0.5, 0.6) is 0 Å². The molecule has 0 atom stereocenters. The number of aromatic nitrogens is 1. The third kappa shape index (κ3) is 6.29. The van der Waals surface area contributed by atoms with E-state index < -0.39 is 5.60 Å². The Morgan fingerprint density at radius 2 is 1.67 bits per heavy atom. The molecule has 2 fully saturated rings. The maximum Gasteiger partial charge on any atom is 0.410 e. The zero-order valence-electron chi connectivity index (χ0n) is 18.2. The van der Waals surface area contributed by atoms with Gasteiger partial charge in [0.25, 0.3) is 0 Å². The van der Waals surface area contributed by atoms with E-state index in [9.17, 15) is 4.79 Å². The lowest BCUT2D eigenvalue weighted by Crippen LogP contribution is -2.62. The van der Waals surface area contributed by atoms with E-state index in [1.54, 1.807) is 0 Å². The zero-order valence-corrected chi connectivity index (χ0v) is 18.2. The zero-order chi connectivity index (χ0) is 20.7. The van der Waals surface area contributed by atoms with Crippen LogP contribution in [0.15, 0.2) is 18.3 Å². The summed E-state index contributed by atoms with van der Waals surface area (Å²) in [7, 11) is 0. The third-order valence-corrected chi connectivity index (χ3v) is 4.66. The fraction of sp³-hybridized carbons (Fsp3) is 0.714. The van der Waals surface area contributed by atoms with E-state index in [2.05, 4.69) is 9.88 Å². The van der Waals surface area contributed by atoms with Crippen LogP contribution in [0, 0.1) is 5.41 Å². The van der Waals surface area contributed by atoms with Crippen molar-refractivity contribution in [1.29, 1.82) is 0 Å². The molecule has 1 aromatic rings. The third-order valence-electron chi connectivity index (χ3n) is 4.66. The van der Waals surface area contributed by atoms with Crippen LogP contribution in [0.4, 0.5) is 16.3 Å². The van der Waals surface area contributed by atoms with Crippen molar-refractivity contribution in [3.05, 3.63) is 18.3 Å². The number of amides is 1. The van der Waals surface area contributed by atoms with Gasteiger partial charge in [-0.25, -0.2) is 9.78 Å². The van der Waals surface area contributed by atoms with Crippen molar-refractivity contribution in [3.8, 4) is 0 Å². The molecule has 2 saturated heterocycles. The molecule has 0 aliphatic carbocycles. The molecule has 3 heterocycles. The molecule has 1 aromatic heterocycles. The summed E-state index contributed by atoms with van der Waals surface area (Å²) in [5.41, 5.74) is 6.61. The molecule has 2 aliphatic heterocycles. The number of nitrogen functional groups attached to an aromatic ring is 1. The molecule has 6 nitrogen and oxygen atoms in total. The molecule has 154 valence electrons. The first kappa shape index (κ1) is 23.1. The second-order valence-corrected chi connectivity index (χ2v) is 7.76. The summed E-state index contributed by atoms with van der Waals surface area (Å²) in [4.78, 5) is 20.4. The SMILES string of the molecule is CC.CC.CC(C)(C)OC(=O)N1CC2(CCN(c3ccc(N)nc3)CC2)C1. The second-order valence-electron chi connectivity index (χ2n) is 7.76. The minimum atomic E-state index is -0.425. The maximum absolute atomic E-state index is 12.1. The first-order chi connectivity index (χ1) is 12.8. The summed E-state index contributed by atoms with van der Waals surface area (Å²) in [5.74, 6) is 0.550. The van der Waals surface area contributed by atoms with Gasteiger partial charge >= 0.3 is 6.09 Å². The van der Waals surface area contributed by atoms with Crippen LogP contribution in [0.1, 0.15) is 61.3 Å². The maximum atomic E-state index is 12.1. The smallest absolute Gasteiger partial charge is 0.410 e. The molecule has 0 aromatic carbocycles. The normalized spacial score (nSPS) is 17.7. The van der Waals surface area contributed by atoms with Crippen LogP contribution in [0.2, 0.25) is 0 Å². The Kier molecular flexibility index (Phi) is 8.38. The highest BCUT2D eigenvalue weighted by Crippen LogP contribution is 2.41. The van der Waals surface area contributed by atoms with Gasteiger partial charge in [-0.3, -0.25) is 0 Å². The summed E-state index contributed by atoms with van der Waals surface area (Å²) in [6.45, 7) is 17.3. The highest BCUT2D eigenvalue weighted by atomic mass is 16.6. The molecule has 1 spiro atoms. The lowest BCUT2D eigenvalue weighted by molar-refractivity contribution is -0.0434. The molecule has 27 heavy (non-hydrogen) atoms. The van der Waals surface area contributed by atoms with Crippen molar-refractivity contribution in [2.24, 2.45) is 5.41 Å². The van der Waals surface area contributed by atoms with Crippen molar-refractivity contribution in [3.63, 3.8) is 0 Å². The van der Waals surface area contributed by atoms with Crippen LogP contribution in [-0.4, -0.2) is 47.8 Å². The van der Waals surface area contributed by atoms with Gasteiger partial charge in [0, 0.05) is 31.6 Å². The number of nitrogens with two attached hydrogens (primary N) is 1. The number of hydrogen-bond donors (Lipinski definition) is 1. The van der Waals surface area contributed by atoms with Crippen molar-refractivity contribution in [2.45, 2.75) is 66.9 Å². The number of hydrogen-bond acceptors (Lipinski definition) is 5. The van der Waals surface area contributed by atoms with Crippen LogP contribution < -0.4 is 10.6 Å². The molecular weight excluding hydrogens is 340 g/mol. The van der Waals surface area contributed by atoms with Crippen LogP contribution in [0.3, 0.4) is 0 Å². The minimum Gasteiger partial charge on any atom is -0.444 e. The Labute approximate surface area is 165 Å². The lowest BCUT2D eigenvalue weighted by Gasteiger charge is -2.53. The number of carbonyl (C=O) groups excluding carboxylic acids is 1. The summed E-state index contributed by atoms with van der Waals surface area (Å²) >= 11 is 0. The summed E-state index contributed by atoms with van der Waals surface area (Å²) in [6, 6.07) is 3.86. The summed E-state index contributed by atoms with van der Waals surface area (Å²) < 4.78 is 5.43. The van der Waals surface area contributed by atoms with E-state index in [-0.39, 0.29) is 11.5 Å². The lowest BCUT2D eigenvalue weighted by atomic mass is 9.72. The standard InChI is InChI=1S/C17H26N4O2.2C2H6/c1-16(2,3)23-15(22)21-11-17(12-21)6-8-20(9-7-17)13-4-5-14(18)19-10-13;2*1-2/h4-5,10H,6-9,11-12H2,1-3H3,(H2,18,19);2*1-2H3. The van der Waals surface area contributed by atoms with Gasteiger partial charge in [0.1, 0.15) is 11.4 Å². The van der Waals surface area contributed by atoms with Gasteiger partial charge in [-0.2, -0.15) is 0 Å². The number of likely N-dealkylation sites (tertiary alicyclic amines) is 1. The van der Waals surface area contributed by atoms with Crippen LogP contribution in [0.25, 0.3) is 0 Å². The van der Waals surface area contributed by atoms with Gasteiger partial charge in [-0.1, -0.05) is 27.7 Å². The number of ether oxygens (including phenoxy) is 1. The van der Waals surface area contributed by atoms with Gasteiger partial charge < -0.3 is 20.3 Å². The number of anilines is 2. The molecule has 0 unspecified atom stereocenters. The van der Waals surface area contributed by atoms with E-state index in [4.69, 9.17) is 10.5 Å². The van der Waals surface area contributed by atoms with Crippen molar-refractivity contribution < 1.29 is 9.53 Å². The molecule has 0 radical (unpaired) electrons.